The summed E-state index contributed by atoms with van der Waals surface area (Å²) >= 11 is 0. The lowest BCUT2D eigenvalue weighted by atomic mass is 10.1. The van der Waals surface area contributed by atoms with Crippen LogP contribution in [0.4, 0.5) is 0 Å². The molecule has 0 fully saturated rings. The largest absolute Gasteiger partial charge is 0.370 e. The quantitative estimate of drug-likeness (QED) is 0.603. The average Bonchev–Trinajstić information content (AvgIpc) is 2.89. The second-order valence-corrected chi connectivity index (χ2v) is 6.62. The smallest absolute Gasteiger partial charge is 0.280 e. The number of hydrogen-bond acceptors (Lipinski definition) is 4. The Kier molecular flexibility index (Phi) is 4.00. The molecule has 4 N–H and O–H groups in total. The van der Waals surface area contributed by atoms with Gasteiger partial charge in [-0.05, 0) is 24.6 Å². The second-order valence-electron chi connectivity index (χ2n) is 4.67. The molecule has 0 saturated heterocycles. The van der Waals surface area contributed by atoms with Gasteiger partial charge >= 0.3 is 0 Å². The zero-order valence-electron chi connectivity index (χ0n) is 12.0. The van der Waals surface area contributed by atoms with Gasteiger partial charge in [0.2, 0.25) is 0 Å². The monoisotopic (exact) mass is 321 g/mol. The minimum atomic E-state index is -3.59. The molecule has 0 atom stereocenters. The molecule has 0 unspecified atom stereocenters. The maximum absolute atomic E-state index is 12.1. The van der Waals surface area contributed by atoms with Crippen molar-refractivity contribution in [2.75, 3.05) is 6.26 Å². The van der Waals surface area contributed by atoms with Crippen molar-refractivity contribution in [1.82, 2.24) is 9.55 Å². The van der Waals surface area contributed by atoms with E-state index in [0.29, 0.717) is 5.69 Å². The summed E-state index contributed by atoms with van der Waals surface area (Å²) < 4.78 is 25.8. The van der Waals surface area contributed by atoms with Crippen molar-refractivity contribution >= 4 is 21.7 Å². The highest BCUT2D eigenvalue weighted by Gasteiger charge is 2.22. The van der Waals surface area contributed by atoms with Crippen molar-refractivity contribution in [3.05, 3.63) is 42.0 Å². The van der Waals surface area contributed by atoms with Gasteiger partial charge in [-0.1, -0.05) is 0 Å². The van der Waals surface area contributed by atoms with E-state index in [1.54, 1.807) is 10.8 Å². The predicted octanol–water partition coefficient (Wildman–Crippen LogP) is -0.00218. The summed E-state index contributed by atoms with van der Waals surface area (Å²) in [5.74, 6) is -1.08. The van der Waals surface area contributed by atoms with Gasteiger partial charge in [-0.15, -0.1) is 0 Å². The van der Waals surface area contributed by atoms with Crippen molar-refractivity contribution in [1.29, 1.82) is 0 Å². The molecular weight excluding hydrogens is 306 g/mol. The lowest BCUT2D eigenvalue weighted by Gasteiger charge is -2.14. The lowest BCUT2D eigenvalue weighted by Crippen LogP contribution is -2.24. The number of benzene rings is 1. The van der Waals surface area contributed by atoms with Crippen LogP contribution in [-0.2, 0) is 9.84 Å². The van der Waals surface area contributed by atoms with Crippen LogP contribution in [0.2, 0.25) is 0 Å². The van der Waals surface area contributed by atoms with Gasteiger partial charge in [0.15, 0.2) is 15.8 Å². The van der Waals surface area contributed by atoms with Gasteiger partial charge in [0, 0.05) is 24.2 Å². The van der Waals surface area contributed by atoms with Gasteiger partial charge in [-0.3, -0.25) is 4.79 Å². The van der Waals surface area contributed by atoms with Gasteiger partial charge in [0.25, 0.3) is 5.91 Å². The maximum atomic E-state index is 12.1. The number of carbonyl (C=O) groups excluding carboxylic acids is 1. The number of rotatable bonds is 3. The molecular formula is C13H15N5O3S. The van der Waals surface area contributed by atoms with Gasteiger partial charge in [-0.2, -0.15) is 4.99 Å². The summed E-state index contributed by atoms with van der Waals surface area (Å²) in [7, 11) is -3.59. The molecule has 0 radical (unpaired) electrons. The number of amides is 1. The molecule has 9 heteroatoms. The molecule has 0 aliphatic carbocycles. The lowest BCUT2D eigenvalue weighted by molar-refractivity contribution is 0.100. The van der Waals surface area contributed by atoms with Crippen LogP contribution < -0.4 is 11.5 Å². The number of guanidine groups is 1. The summed E-state index contributed by atoms with van der Waals surface area (Å²) in [6, 6.07) is 2.99. The Morgan fingerprint density at radius 2 is 2.00 bits per heavy atom. The second kappa shape index (κ2) is 5.60. The average molecular weight is 321 g/mol. The summed E-state index contributed by atoms with van der Waals surface area (Å²) in [4.78, 5) is 19.4. The Morgan fingerprint density at radius 3 is 2.50 bits per heavy atom. The van der Waals surface area contributed by atoms with Crippen LogP contribution in [0.5, 0.6) is 0 Å². The molecule has 0 spiro atoms. The zero-order chi connectivity index (χ0) is 16.5. The molecule has 1 aromatic heterocycles. The number of aliphatic imine (C=N–C) groups is 1. The number of hydrogen-bond donors (Lipinski definition) is 2. The first kappa shape index (κ1) is 15.7. The topological polar surface area (TPSA) is 133 Å². The number of sulfone groups is 1. The van der Waals surface area contributed by atoms with Crippen molar-refractivity contribution in [3.63, 3.8) is 0 Å². The van der Waals surface area contributed by atoms with Crippen molar-refractivity contribution in [3.8, 4) is 5.69 Å². The fraction of sp³-hybridized carbons (Fsp3) is 0.154. The van der Waals surface area contributed by atoms with Crippen LogP contribution in [0.3, 0.4) is 0 Å². The molecule has 0 aliphatic rings. The first-order valence-electron chi connectivity index (χ1n) is 6.17. The first-order chi connectivity index (χ1) is 10.2. The van der Waals surface area contributed by atoms with Crippen LogP contribution in [0.25, 0.3) is 5.69 Å². The molecule has 0 bridgehead atoms. The molecule has 0 aliphatic heterocycles. The third-order valence-electron chi connectivity index (χ3n) is 3.00. The number of carbonyl (C=O) groups is 1. The minimum Gasteiger partial charge on any atom is -0.370 e. The van der Waals surface area contributed by atoms with E-state index < -0.39 is 15.7 Å². The SMILES string of the molecule is Cc1c(C(=O)N=C(N)N)ccc(-n2ccnc2)c1S(C)(=O)=O. The Balaban J connectivity index is 2.75. The fourth-order valence-electron chi connectivity index (χ4n) is 2.16. The van der Waals surface area contributed by atoms with Gasteiger partial charge in [0.05, 0.1) is 16.9 Å². The van der Waals surface area contributed by atoms with E-state index in [2.05, 4.69) is 9.98 Å². The highest BCUT2D eigenvalue weighted by Crippen LogP contribution is 2.27. The Labute approximate surface area is 127 Å². The van der Waals surface area contributed by atoms with Gasteiger partial charge < -0.3 is 16.0 Å². The molecule has 22 heavy (non-hydrogen) atoms. The van der Waals surface area contributed by atoms with E-state index in [1.165, 1.54) is 31.6 Å². The van der Waals surface area contributed by atoms with Crippen molar-refractivity contribution in [2.45, 2.75) is 11.8 Å². The predicted molar refractivity (Wildman–Crippen MR) is 81.6 cm³/mol. The third kappa shape index (κ3) is 2.98. The Bertz CT molecular complexity index is 850. The summed E-state index contributed by atoms with van der Waals surface area (Å²) in [6.45, 7) is 1.53. The van der Waals surface area contributed by atoms with E-state index in [-0.39, 0.29) is 22.0 Å². The first-order valence-corrected chi connectivity index (χ1v) is 8.07. The molecule has 8 nitrogen and oxygen atoms in total. The van der Waals surface area contributed by atoms with E-state index in [4.69, 9.17) is 11.5 Å². The highest BCUT2D eigenvalue weighted by molar-refractivity contribution is 7.90. The molecule has 1 aromatic carbocycles. The van der Waals surface area contributed by atoms with E-state index in [1.807, 2.05) is 0 Å². The number of aromatic nitrogens is 2. The number of nitrogens with two attached hydrogens (primary N) is 2. The maximum Gasteiger partial charge on any atom is 0.280 e. The highest BCUT2D eigenvalue weighted by atomic mass is 32.2. The summed E-state index contributed by atoms with van der Waals surface area (Å²) in [5.41, 5.74) is 11.2. The van der Waals surface area contributed by atoms with Crippen molar-refractivity contribution in [2.24, 2.45) is 16.5 Å². The Morgan fingerprint density at radius 1 is 1.32 bits per heavy atom. The minimum absolute atomic E-state index is 0.0298. The number of imidazole rings is 1. The van der Waals surface area contributed by atoms with Crippen LogP contribution in [0.15, 0.2) is 40.7 Å². The molecule has 1 heterocycles. The van der Waals surface area contributed by atoms with Crippen molar-refractivity contribution < 1.29 is 13.2 Å². The van der Waals surface area contributed by atoms with Gasteiger partial charge in [-0.25, -0.2) is 13.4 Å². The standard InChI is InChI=1S/C13H15N5O3S/c1-8-9(12(19)17-13(14)15)3-4-10(11(8)22(2,20)21)18-6-5-16-7-18/h3-7H,1-2H3,(H4,14,15,17,19). The summed E-state index contributed by atoms with van der Waals surface area (Å²) in [6.07, 6.45) is 5.69. The zero-order valence-corrected chi connectivity index (χ0v) is 12.8. The van der Waals surface area contributed by atoms with Crippen LogP contribution in [0.1, 0.15) is 15.9 Å². The van der Waals surface area contributed by atoms with E-state index >= 15 is 0 Å². The molecule has 1 amide bonds. The normalized spacial score (nSPS) is 11.2. The molecule has 0 saturated carbocycles. The summed E-state index contributed by atoms with van der Waals surface area (Å²) in [5, 5.41) is 0. The van der Waals surface area contributed by atoms with Crippen LogP contribution in [0, 0.1) is 6.92 Å². The molecule has 2 aromatic rings. The van der Waals surface area contributed by atoms with Gasteiger partial charge in [0.1, 0.15) is 0 Å². The Hall–Kier alpha value is -2.68. The van der Waals surface area contributed by atoms with E-state index in [0.717, 1.165) is 6.26 Å². The molecule has 116 valence electrons. The third-order valence-corrected chi connectivity index (χ3v) is 4.26. The van der Waals surface area contributed by atoms with Crippen LogP contribution >= 0.6 is 0 Å². The number of nitrogens with zero attached hydrogens (tertiary/aromatic N) is 3. The fourth-order valence-corrected chi connectivity index (χ4v) is 3.38. The van der Waals surface area contributed by atoms with Crippen LogP contribution in [-0.4, -0.2) is 36.1 Å². The molecule has 2 rings (SSSR count). The van der Waals surface area contributed by atoms with E-state index in [9.17, 15) is 13.2 Å².